The quantitative estimate of drug-likeness (QED) is 0.437. The first-order valence-corrected chi connectivity index (χ1v) is 14.8. The lowest BCUT2D eigenvalue weighted by Crippen LogP contribution is -2.52. The molecule has 1 aromatic carbocycles. The molecule has 3 aliphatic rings. The summed E-state index contributed by atoms with van der Waals surface area (Å²) >= 11 is 0. The molecule has 13 heteroatoms. The summed E-state index contributed by atoms with van der Waals surface area (Å²) < 4.78 is 40.1. The minimum Gasteiger partial charge on any atom is -0.482 e. The van der Waals surface area contributed by atoms with Gasteiger partial charge in [0, 0.05) is 44.8 Å². The molecule has 2 aromatic rings. The normalized spacial score (nSPS) is 22.3. The van der Waals surface area contributed by atoms with E-state index in [2.05, 4.69) is 10.5 Å². The van der Waals surface area contributed by atoms with Gasteiger partial charge in [-0.05, 0) is 38.2 Å². The Morgan fingerprint density at radius 1 is 1.27 bits per heavy atom. The summed E-state index contributed by atoms with van der Waals surface area (Å²) in [7, 11) is 1.48. The number of carbonyl (C=O) groups is 3. The Morgan fingerprint density at radius 3 is 2.73 bits per heavy atom. The summed E-state index contributed by atoms with van der Waals surface area (Å²) in [4.78, 5) is 61.8. The fraction of sp³-hybridized carbons (Fsp3) is 0.516. The first kappa shape index (κ1) is 31.1. The van der Waals surface area contributed by atoms with Gasteiger partial charge in [0.25, 0.3) is 11.8 Å². The molecule has 1 spiro atoms. The Morgan fingerprint density at radius 2 is 2.05 bits per heavy atom. The maximum absolute atomic E-state index is 14.3. The zero-order valence-electron chi connectivity index (χ0n) is 25.2. The van der Waals surface area contributed by atoms with Crippen molar-refractivity contribution >= 4 is 23.7 Å². The fourth-order valence-corrected chi connectivity index (χ4v) is 6.03. The number of nitrogens with one attached hydrogen (secondary N) is 1. The van der Waals surface area contributed by atoms with Gasteiger partial charge in [-0.25, -0.2) is 8.78 Å². The first-order valence-electron chi connectivity index (χ1n) is 14.8. The van der Waals surface area contributed by atoms with E-state index in [1.165, 1.54) is 23.9 Å². The number of halogens is 2. The molecule has 2 amide bonds. The van der Waals surface area contributed by atoms with Gasteiger partial charge in [-0.3, -0.25) is 19.2 Å². The van der Waals surface area contributed by atoms with Crippen molar-refractivity contribution < 1.29 is 38.9 Å². The molecular formula is C31H38F2N4O7. The molecule has 3 atom stereocenters. The van der Waals surface area contributed by atoms with Crippen LogP contribution in [0.1, 0.15) is 93.2 Å². The summed E-state index contributed by atoms with van der Waals surface area (Å²) in [5.41, 5.74) is -2.50. The van der Waals surface area contributed by atoms with E-state index in [1.54, 1.807) is 4.90 Å². The zero-order valence-corrected chi connectivity index (χ0v) is 25.2. The molecule has 0 saturated carbocycles. The highest BCUT2D eigenvalue weighted by molar-refractivity contribution is 6.00. The van der Waals surface area contributed by atoms with Crippen LogP contribution in [-0.4, -0.2) is 58.4 Å². The summed E-state index contributed by atoms with van der Waals surface area (Å²) in [6.07, 6.45) is 3.86. The summed E-state index contributed by atoms with van der Waals surface area (Å²) in [6.45, 7) is 5.77. The average Bonchev–Trinajstić information content (AvgIpc) is 3.35. The van der Waals surface area contributed by atoms with Crippen molar-refractivity contribution in [2.75, 3.05) is 13.7 Å². The van der Waals surface area contributed by atoms with Gasteiger partial charge in [-0.15, -0.1) is 0 Å². The zero-order chi connectivity index (χ0) is 31.8. The van der Waals surface area contributed by atoms with Gasteiger partial charge in [-0.2, -0.15) is 0 Å². The monoisotopic (exact) mass is 616 g/mol. The molecule has 1 fully saturated rings. The molecule has 3 aliphatic heterocycles. The highest BCUT2D eigenvalue weighted by atomic mass is 19.1. The standard InChI is InChI=1S/C31H36F2N4O7.H2/c1-17(2)6-5-7-25(38)43-28-26-30(41)36-16-23(31(11-10-18(36)3)13-24(42-4)35-44-31)37(26)15-21(27(28)39)29(40)34-14-19-8-9-20(32)12-22(19)33;/h8-9,12,15,17-18,23H,5-7,10-11,13-14,16H2,1-4H3,(H,34,40);1H/t18-,23+,31-;/m0./s1. The predicted molar refractivity (Wildman–Crippen MR) is 156 cm³/mol. The van der Waals surface area contributed by atoms with Crippen molar-refractivity contribution in [2.24, 2.45) is 11.1 Å². The van der Waals surface area contributed by atoms with E-state index in [1.807, 2.05) is 20.8 Å². The smallest absolute Gasteiger partial charge is 0.311 e. The van der Waals surface area contributed by atoms with Crippen molar-refractivity contribution in [3.63, 3.8) is 0 Å². The minimum absolute atomic E-state index is 0. The van der Waals surface area contributed by atoms with Crippen LogP contribution in [0.3, 0.4) is 0 Å². The van der Waals surface area contributed by atoms with Gasteiger partial charge in [0.2, 0.25) is 17.1 Å². The van der Waals surface area contributed by atoms with Crippen LogP contribution in [0.25, 0.3) is 0 Å². The second-order valence-corrected chi connectivity index (χ2v) is 12.0. The van der Waals surface area contributed by atoms with Crippen LogP contribution in [0.5, 0.6) is 5.75 Å². The Hall–Kier alpha value is -4.29. The lowest BCUT2D eigenvalue weighted by molar-refractivity contribution is -0.134. The fourth-order valence-electron chi connectivity index (χ4n) is 6.03. The van der Waals surface area contributed by atoms with E-state index in [-0.39, 0.29) is 44.7 Å². The van der Waals surface area contributed by atoms with E-state index in [9.17, 15) is 28.0 Å². The maximum atomic E-state index is 14.3. The van der Waals surface area contributed by atoms with Crippen LogP contribution in [0, 0.1) is 17.6 Å². The highest BCUT2D eigenvalue weighted by Gasteiger charge is 2.55. The molecule has 1 N–H and O–H groups in total. The lowest BCUT2D eigenvalue weighted by Gasteiger charge is -2.41. The van der Waals surface area contributed by atoms with Gasteiger partial charge in [0.1, 0.15) is 17.2 Å². The molecule has 1 saturated heterocycles. The summed E-state index contributed by atoms with van der Waals surface area (Å²) in [6, 6.07) is 2.07. The van der Waals surface area contributed by atoms with Gasteiger partial charge in [0.15, 0.2) is 11.3 Å². The number of hydrogen-bond acceptors (Lipinski definition) is 8. The molecule has 5 rings (SSSR count). The van der Waals surface area contributed by atoms with Gasteiger partial charge >= 0.3 is 5.97 Å². The summed E-state index contributed by atoms with van der Waals surface area (Å²) in [5.74, 6) is -3.59. The van der Waals surface area contributed by atoms with E-state index in [0.717, 1.165) is 12.5 Å². The first-order chi connectivity index (χ1) is 20.9. The van der Waals surface area contributed by atoms with E-state index < -0.39 is 57.8 Å². The molecule has 4 heterocycles. The number of aromatic nitrogens is 1. The van der Waals surface area contributed by atoms with Gasteiger partial charge < -0.3 is 29.1 Å². The topological polar surface area (TPSA) is 129 Å². The Bertz CT molecular complexity index is 1580. The van der Waals surface area contributed by atoms with Crippen LogP contribution in [0.15, 0.2) is 34.3 Å². The average molecular weight is 617 g/mol. The number of ether oxygens (including phenoxy) is 2. The number of methoxy groups -OCH3 is 1. The number of benzene rings is 1. The number of pyridine rings is 1. The molecule has 11 nitrogen and oxygen atoms in total. The number of hydrogen-bond donors (Lipinski definition) is 1. The predicted octanol–water partition coefficient (Wildman–Crippen LogP) is 4.33. The van der Waals surface area contributed by atoms with E-state index in [0.29, 0.717) is 37.1 Å². The van der Waals surface area contributed by atoms with Gasteiger partial charge in [0.05, 0.1) is 19.6 Å². The number of nitrogens with zero attached hydrogens (tertiary/aromatic N) is 3. The molecule has 0 aliphatic carbocycles. The number of oxime groups is 1. The number of fused-ring (bicyclic) bond motifs is 5. The molecule has 44 heavy (non-hydrogen) atoms. The second-order valence-electron chi connectivity index (χ2n) is 12.0. The van der Waals surface area contributed by atoms with Crippen LogP contribution in [0.2, 0.25) is 0 Å². The molecule has 1 aromatic heterocycles. The minimum atomic E-state index is -0.970. The number of rotatable bonds is 8. The van der Waals surface area contributed by atoms with Crippen molar-refractivity contribution in [1.82, 2.24) is 14.8 Å². The Labute approximate surface area is 254 Å². The highest BCUT2D eigenvalue weighted by Crippen LogP contribution is 2.46. The van der Waals surface area contributed by atoms with Crippen LogP contribution >= 0.6 is 0 Å². The van der Waals surface area contributed by atoms with E-state index >= 15 is 0 Å². The van der Waals surface area contributed by atoms with Crippen molar-refractivity contribution in [2.45, 2.75) is 83.5 Å². The van der Waals surface area contributed by atoms with Gasteiger partial charge in [-0.1, -0.05) is 31.5 Å². The third kappa shape index (κ3) is 5.91. The van der Waals surface area contributed by atoms with Crippen LogP contribution in [-0.2, 0) is 20.9 Å². The molecular weight excluding hydrogens is 578 g/mol. The number of carbonyl (C=O) groups excluding carboxylic acids is 3. The molecule has 238 valence electrons. The van der Waals surface area contributed by atoms with Crippen LogP contribution in [0.4, 0.5) is 8.78 Å². The lowest BCUT2D eigenvalue weighted by atomic mass is 9.85. The van der Waals surface area contributed by atoms with E-state index in [4.69, 9.17) is 14.3 Å². The number of amides is 2. The van der Waals surface area contributed by atoms with Crippen molar-refractivity contribution in [3.8, 4) is 5.75 Å². The molecule has 2 bridgehead atoms. The van der Waals surface area contributed by atoms with Crippen LogP contribution < -0.4 is 15.5 Å². The Kier molecular flexibility index (Phi) is 8.76. The number of esters is 1. The third-order valence-electron chi connectivity index (χ3n) is 8.58. The van der Waals surface area contributed by atoms with Crippen molar-refractivity contribution in [1.29, 1.82) is 0 Å². The van der Waals surface area contributed by atoms with Crippen molar-refractivity contribution in [3.05, 3.63) is 63.1 Å². The SMILES string of the molecule is COC1=NO[C@@]2(CC[C@H](C)N3C[C@H]2n2cc(C(=O)NCc4ccc(F)cc4F)c(=O)c(OC(=O)CCCC(C)C)c2C3=O)C1.[HH]. The second kappa shape index (κ2) is 12.4. The molecule has 0 unspecified atom stereocenters. The maximum Gasteiger partial charge on any atom is 0.311 e. The third-order valence-corrected chi connectivity index (χ3v) is 8.58. The largest absolute Gasteiger partial charge is 0.482 e. The molecule has 0 radical (unpaired) electrons. The summed E-state index contributed by atoms with van der Waals surface area (Å²) in [5, 5.41) is 6.59. The Balaban J connectivity index is 0.00000461.